The van der Waals surface area contributed by atoms with Crippen LogP contribution < -0.4 is 11.1 Å². The lowest BCUT2D eigenvalue weighted by Gasteiger charge is -2.20. The van der Waals surface area contributed by atoms with Crippen LogP contribution in [0.4, 0.5) is 0 Å². The van der Waals surface area contributed by atoms with Gasteiger partial charge >= 0.3 is 5.97 Å². The van der Waals surface area contributed by atoms with Gasteiger partial charge in [-0.15, -0.1) is 0 Å². The van der Waals surface area contributed by atoms with Gasteiger partial charge in [0.2, 0.25) is 5.91 Å². The summed E-state index contributed by atoms with van der Waals surface area (Å²) >= 11 is 0. The standard InChI is InChI=1S/C13H18N2O3/c1-8(13(17)18)9(2)15-12(16)11(14)10-6-4-3-5-7-10/h3-9,11H,14H2,1-2H3,(H,15,16)(H,17,18). The maximum Gasteiger partial charge on any atom is 0.308 e. The number of carboxylic acids is 1. The Morgan fingerprint density at radius 3 is 2.28 bits per heavy atom. The van der Waals surface area contributed by atoms with Gasteiger partial charge in [-0.25, -0.2) is 0 Å². The van der Waals surface area contributed by atoms with Crippen molar-refractivity contribution in [3.63, 3.8) is 0 Å². The summed E-state index contributed by atoms with van der Waals surface area (Å²) in [6.45, 7) is 3.19. The molecule has 0 aliphatic heterocycles. The summed E-state index contributed by atoms with van der Waals surface area (Å²) in [4.78, 5) is 22.6. The molecule has 0 aliphatic carbocycles. The number of aliphatic carboxylic acids is 1. The van der Waals surface area contributed by atoms with Gasteiger partial charge in [-0.05, 0) is 19.4 Å². The minimum absolute atomic E-state index is 0.373. The largest absolute Gasteiger partial charge is 0.481 e. The van der Waals surface area contributed by atoms with E-state index in [1.807, 2.05) is 6.07 Å². The molecule has 0 aliphatic rings. The number of hydrogen-bond acceptors (Lipinski definition) is 3. The quantitative estimate of drug-likeness (QED) is 0.724. The number of nitrogens with two attached hydrogens (primary N) is 1. The monoisotopic (exact) mass is 250 g/mol. The molecule has 0 radical (unpaired) electrons. The van der Waals surface area contributed by atoms with Crippen LogP contribution in [-0.2, 0) is 9.59 Å². The molecule has 1 aromatic rings. The number of rotatable bonds is 5. The fourth-order valence-corrected chi connectivity index (χ4v) is 1.46. The van der Waals surface area contributed by atoms with Crippen molar-refractivity contribution in [2.24, 2.45) is 11.7 Å². The average molecular weight is 250 g/mol. The van der Waals surface area contributed by atoms with Crippen molar-refractivity contribution < 1.29 is 14.7 Å². The Kier molecular flexibility index (Phi) is 4.85. The first-order valence-corrected chi connectivity index (χ1v) is 5.77. The third-order valence-electron chi connectivity index (χ3n) is 2.95. The molecule has 3 atom stereocenters. The number of carboxylic acid groups (broad SMARTS) is 1. The molecule has 18 heavy (non-hydrogen) atoms. The van der Waals surface area contributed by atoms with E-state index in [1.165, 1.54) is 0 Å². The summed E-state index contributed by atoms with van der Waals surface area (Å²) in [5, 5.41) is 11.5. The van der Waals surface area contributed by atoms with Crippen molar-refractivity contribution in [1.29, 1.82) is 0 Å². The zero-order valence-corrected chi connectivity index (χ0v) is 10.5. The first-order chi connectivity index (χ1) is 8.43. The fourth-order valence-electron chi connectivity index (χ4n) is 1.46. The third-order valence-corrected chi connectivity index (χ3v) is 2.95. The van der Waals surface area contributed by atoms with Crippen LogP contribution in [0.25, 0.3) is 0 Å². The van der Waals surface area contributed by atoms with Crippen LogP contribution in [0.2, 0.25) is 0 Å². The van der Waals surface area contributed by atoms with Gasteiger partial charge in [0, 0.05) is 6.04 Å². The Morgan fingerprint density at radius 1 is 1.22 bits per heavy atom. The van der Waals surface area contributed by atoms with Crippen molar-refractivity contribution in [2.75, 3.05) is 0 Å². The Balaban J connectivity index is 2.63. The molecule has 0 saturated heterocycles. The maximum atomic E-state index is 11.9. The molecule has 0 saturated carbocycles. The summed E-state index contributed by atoms with van der Waals surface area (Å²) in [6.07, 6.45) is 0. The predicted molar refractivity (Wildman–Crippen MR) is 67.8 cm³/mol. The van der Waals surface area contributed by atoms with Gasteiger partial charge in [0.05, 0.1) is 5.92 Å². The zero-order valence-electron chi connectivity index (χ0n) is 10.5. The summed E-state index contributed by atoms with van der Waals surface area (Å²) in [6, 6.07) is 7.70. The van der Waals surface area contributed by atoms with E-state index in [0.29, 0.717) is 5.56 Å². The summed E-state index contributed by atoms with van der Waals surface area (Å²) in [5.41, 5.74) is 6.50. The van der Waals surface area contributed by atoms with Gasteiger partial charge in [-0.3, -0.25) is 9.59 Å². The molecule has 0 heterocycles. The highest BCUT2D eigenvalue weighted by Gasteiger charge is 2.23. The fraction of sp³-hybridized carbons (Fsp3) is 0.385. The number of benzene rings is 1. The van der Waals surface area contributed by atoms with Crippen molar-refractivity contribution >= 4 is 11.9 Å². The molecule has 0 spiro atoms. The molecule has 1 aromatic carbocycles. The first-order valence-electron chi connectivity index (χ1n) is 5.77. The Hall–Kier alpha value is -1.88. The van der Waals surface area contributed by atoms with E-state index < -0.39 is 24.0 Å². The molecular weight excluding hydrogens is 232 g/mol. The summed E-state index contributed by atoms with van der Waals surface area (Å²) < 4.78 is 0. The van der Waals surface area contributed by atoms with Crippen molar-refractivity contribution in [2.45, 2.75) is 25.9 Å². The van der Waals surface area contributed by atoms with Crippen LogP contribution in [0, 0.1) is 5.92 Å². The Morgan fingerprint density at radius 2 is 1.78 bits per heavy atom. The normalized spacial score (nSPS) is 15.5. The van der Waals surface area contributed by atoms with Crippen LogP contribution in [0.5, 0.6) is 0 Å². The van der Waals surface area contributed by atoms with Gasteiger partial charge in [0.25, 0.3) is 0 Å². The molecule has 1 amide bonds. The van der Waals surface area contributed by atoms with Gasteiger partial charge in [0.15, 0.2) is 0 Å². The predicted octanol–water partition coefficient (Wildman–Crippen LogP) is 0.912. The highest BCUT2D eigenvalue weighted by Crippen LogP contribution is 2.11. The van der Waals surface area contributed by atoms with Crippen LogP contribution in [0.15, 0.2) is 30.3 Å². The molecule has 5 heteroatoms. The third kappa shape index (κ3) is 3.56. The van der Waals surface area contributed by atoms with Crippen LogP contribution in [0.3, 0.4) is 0 Å². The Labute approximate surface area is 106 Å². The Bertz CT molecular complexity index is 420. The second-order valence-corrected chi connectivity index (χ2v) is 4.31. The molecule has 3 unspecified atom stereocenters. The van der Waals surface area contributed by atoms with Crippen LogP contribution in [-0.4, -0.2) is 23.0 Å². The molecule has 5 nitrogen and oxygen atoms in total. The number of hydrogen-bond donors (Lipinski definition) is 3. The molecular formula is C13H18N2O3. The lowest BCUT2D eigenvalue weighted by atomic mass is 10.0. The van der Waals surface area contributed by atoms with E-state index in [2.05, 4.69) is 5.32 Å². The first kappa shape index (κ1) is 14.2. The lowest BCUT2D eigenvalue weighted by Crippen LogP contribution is -2.44. The van der Waals surface area contributed by atoms with E-state index in [9.17, 15) is 9.59 Å². The molecule has 4 N–H and O–H groups in total. The van der Waals surface area contributed by atoms with E-state index in [4.69, 9.17) is 10.8 Å². The molecule has 0 fully saturated rings. The summed E-state index contributed by atoms with van der Waals surface area (Å²) in [5.74, 6) is -1.98. The molecule has 0 bridgehead atoms. The topological polar surface area (TPSA) is 92.4 Å². The number of carbonyl (C=O) groups is 2. The van der Waals surface area contributed by atoms with Gasteiger partial charge in [-0.1, -0.05) is 30.3 Å². The van der Waals surface area contributed by atoms with E-state index >= 15 is 0 Å². The smallest absolute Gasteiger partial charge is 0.308 e. The van der Waals surface area contributed by atoms with Crippen LogP contribution >= 0.6 is 0 Å². The van der Waals surface area contributed by atoms with E-state index in [0.717, 1.165) is 0 Å². The van der Waals surface area contributed by atoms with Crippen molar-refractivity contribution in [3.8, 4) is 0 Å². The minimum atomic E-state index is -0.948. The zero-order chi connectivity index (χ0) is 13.7. The minimum Gasteiger partial charge on any atom is -0.481 e. The number of carbonyl (C=O) groups excluding carboxylic acids is 1. The number of amides is 1. The van der Waals surface area contributed by atoms with Gasteiger partial charge in [-0.2, -0.15) is 0 Å². The summed E-state index contributed by atoms with van der Waals surface area (Å²) in [7, 11) is 0. The maximum absolute atomic E-state index is 11.9. The second-order valence-electron chi connectivity index (χ2n) is 4.31. The van der Waals surface area contributed by atoms with E-state index in [1.54, 1.807) is 38.1 Å². The molecule has 0 aromatic heterocycles. The van der Waals surface area contributed by atoms with Crippen LogP contribution in [0.1, 0.15) is 25.5 Å². The highest BCUT2D eigenvalue weighted by molar-refractivity contribution is 5.83. The lowest BCUT2D eigenvalue weighted by molar-refractivity contribution is -0.142. The molecule has 1 rings (SSSR count). The number of nitrogens with one attached hydrogen (secondary N) is 1. The molecule has 98 valence electrons. The SMILES string of the molecule is CC(NC(=O)C(N)c1ccccc1)C(C)C(=O)O. The average Bonchev–Trinajstić information content (AvgIpc) is 2.37. The highest BCUT2D eigenvalue weighted by atomic mass is 16.4. The van der Waals surface area contributed by atoms with Gasteiger partial charge < -0.3 is 16.2 Å². The van der Waals surface area contributed by atoms with Gasteiger partial charge in [0.1, 0.15) is 6.04 Å². The van der Waals surface area contributed by atoms with Crippen molar-refractivity contribution in [1.82, 2.24) is 5.32 Å². The second kappa shape index (κ2) is 6.16. The van der Waals surface area contributed by atoms with Crippen molar-refractivity contribution in [3.05, 3.63) is 35.9 Å². The van der Waals surface area contributed by atoms with E-state index in [-0.39, 0.29) is 5.91 Å².